The number of benzene rings is 2. The molecule has 4 heteroatoms. The van der Waals surface area contributed by atoms with Crippen molar-refractivity contribution >= 4 is 0 Å². The lowest BCUT2D eigenvalue weighted by Crippen LogP contribution is -2.51. The van der Waals surface area contributed by atoms with Crippen LogP contribution in [0.1, 0.15) is 49.3 Å². The van der Waals surface area contributed by atoms with E-state index in [1.807, 2.05) is 4.68 Å². The van der Waals surface area contributed by atoms with Crippen LogP contribution in [0.3, 0.4) is 0 Å². The van der Waals surface area contributed by atoms with Crippen molar-refractivity contribution < 1.29 is 9.30 Å². The summed E-state index contributed by atoms with van der Waals surface area (Å²) in [5, 5.41) is 4.80. The van der Waals surface area contributed by atoms with Crippen molar-refractivity contribution in [3.05, 3.63) is 77.4 Å². The van der Waals surface area contributed by atoms with E-state index < -0.39 is 0 Å². The molecule has 26 heavy (non-hydrogen) atoms. The lowest BCUT2D eigenvalue weighted by molar-refractivity contribution is -0.739. The zero-order chi connectivity index (χ0) is 17.9. The molecule has 0 amide bonds. The lowest BCUT2D eigenvalue weighted by atomic mass is 9.87. The molecule has 0 spiro atoms. The fourth-order valence-corrected chi connectivity index (χ4v) is 4.16. The van der Waals surface area contributed by atoms with Gasteiger partial charge in [0, 0.05) is 11.5 Å². The van der Waals surface area contributed by atoms with E-state index >= 15 is 0 Å². The van der Waals surface area contributed by atoms with Crippen molar-refractivity contribution in [3.63, 3.8) is 0 Å². The summed E-state index contributed by atoms with van der Waals surface area (Å²) in [6.07, 6.45) is 3.33. The highest BCUT2D eigenvalue weighted by Crippen LogP contribution is 2.35. The third kappa shape index (κ3) is 2.40. The summed E-state index contributed by atoms with van der Waals surface area (Å²) < 4.78 is 10.4. The fourth-order valence-electron chi connectivity index (χ4n) is 4.16. The highest BCUT2D eigenvalue weighted by molar-refractivity contribution is 5.37. The summed E-state index contributed by atoms with van der Waals surface area (Å²) in [5.41, 5.74) is 5.34. The molecule has 1 aliphatic heterocycles. The Labute approximate surface area is 154 Å². The molecule has 3 aromatic rings. The van der Waals surface area contributed by atoms with E-state index in [1.54, 1.807) is 0 Å². The number of hydrogen-bond acceptors (Lipinski definition) is 2. The summed E-state index contributed by atoms with van der Waals surface area (Å²) in [5.74, 6) is 0.989. The Bertz CT molecular complexity index is 966. The van der Waals surface area contributed by atoms with E-state index in [2.05, 4.69) is 80.2 Å². The summed E-state index contributed by atoms with van der Waals surface area (Å²) in [7, 11) is 0. The monoisotopic (exact) mass is 346 g/mol. The predicted octanol–water partition coefficient (Wildman–Crippen LogP) is 3.50. The van der Waals surface area contributed by atoms with Gasteiger partial charge >= 0.3 is 5.82 Å². The molecule has 2 aromatic carbocycles. The number of aromatic nitrogens is 3. The van der Waals surface area contributed by atoms with Crippen molar-refractivity contribution in [1.82, 2.24) is 9.78 Å². The van der Waals surface area contributed by atoms with Crippen molar-refractivity contribution in [2.24, 2.45) is 0 Å². The van der Waals surface area contributed by atoms with Crippen LogP contribution >= 0.6 is 0 Å². The number of nitrogens with zero attached hydrogens (tertiary/aromatic N) is 3. The van der Waals surface area contributed by atoms with E-state index in [4.69, 9.17) is 9.84 Å². The van der Waals surface area contributed by atoms with E-state index in [9.17, 15) is 0 Å². The van der Waals surface area contributed by atoms with Crippen LogP contribution in [-0.2, 0) is 23.2 Å². The maximum Gasteiger partial charge on any atom is 0.304 e. The van der Waals surface area contributed by atoms with Gasteiger partial charge in [-0.15, -0.1) is 0 Å². The van der Waals surface area contributed by atoms with Crippen molar-refractivity contribution in [1.29, 1.82) is 0 Å². The molecule has 1 aromatic heterocycles. The molecule has 0 saturated heterocycles. The van der Waals surface area contributed by atoms with Gasteiger partial charge in [-0.05, 0) is 34.2 Å². The highest BCUT2D eigenvalue weighted by atomic mass is 16.5. The first-order valence-electron chi connectivity index (χ1n) is 9.31. The normalized spacial score (nSPS) is 21.2. The topological polar surface area (TPSA) is 30.9 Å². The molecule has 5 rings (SSSR count). The lowest BCUT2D eigenvalue weighted by Gasteiger charge is -2.23. The SMILES string of the molecule is CC(C)(C)c1ccc(-n2c[n+]3c(n2)CO[C@@H]2Cc4ccccc4[C@@H]23)cc1. The first-order valence-corrected chi connectivity index (χ1v) is 9.31. The maximum atomic E-state index is 6.13. The Morgan fingerprint density at radius 2 is 1.85 bits per heavy atom. The molecular weight excluding hydrogens is 322 g/mol. The molecule has 4 nitrogen and oxygen atoms in total. The zero-order valence-electron chi connectivity index (χ0n) is 15.5. The second-order valence-corrected chi connectivity index (χ2v) is 8.38. The van der Waals surface area contributed by atoms with Crippen LogP contribution in [0, 0.1) is 0 Å². The van der Waals surface area contributed by atoms with Gasteiger partial charge in [-0.1, -0.05) is 61.9 Å². The maximum absolute atomic E-state index is 6.13. The number of ether oxygens (including phenoxy) is 1. The summed E-state index contributed by atoms with van der Waals surface area (Å²) in [4.78, 5) is 0. The minimum Gasteiger partial charge on any atom is -0.363 e. The van der Waals surface area contributed by atoms with E-state index in [0.717, 1.165) is 17.9 Å². The van der Waals surface area contributed by atoms with Crippen LogP contribution in [0.4, 0.5) is 0 Å². The largest absolute Gasteiger partial charge is 0.363 e. The number of hydrogen-bond donors (Lipinski definition) is 0. The van der Waals surface area contributed by atoms with Crippen molar-refractivity contribution in [2.75, 3.05) is 0 Å². The Hall–Kier alpha value is -2.46. The van der Waals surface area contributed by atoms with Crippen LogP contribution in [0.25, 0.3) is 5.69 Å². The molecule has 0 fully saturated rings. The molecule has 0 N–H and O–H groups in total. The van der Waals surface area contributed by atoms with E-state index in [-0.39, 0.29) is 17.6 Å². The molecule has 0 unspecified atom stereocenters. The van der Waals surface area contributed by atoms with Gasteiger partial charge in [0.1, 0.15) is 24.4 Å². The molecule has 2 aliphatic rings. The number of fused-ring (bicyclic) bond motifs is 5. The van der Waals surface area contributed by atoms with Crippen LogP contribution < -0.4 is 4.57 Å². The summed E-state index contributed by atoms with van der Waals surface area (Å²) >= 11 is 0. The zero-order valence-corrected chi connectivity index (χ0v) is 15.5. The van der Waals surface area contributed by atoms with E-state index in [0.29, 0.717) is 6.61 Å². The van der Waals surface area contributed by atoms with Gasteiger partial charge in [0.15, 0.2) is 0 Å². The molecule has 0 bridgehead atoms. The second-order valence-electron chi connectivity index (χ2n) is 8.38. The molecule has 0 saturated carbocycles. The third-order valence-electron chi connectivity index (χ3n) is 5.63. The Balaban J connectivity index is 1.54. The van der Waals surface area contributed by atoms with Gasteiger partial charge in [-0.25, -0.2) is 4.57 Å². The van der Waals surface area contributed by atoms with Gasteiger partial charge in [0.25, 0.3) is 0 Å². The van der Waals surface area contributed by atoms with Crippen LogP contribution in [-0.4, -0.2) is 15.9 Å². The van der Waals surface area contributed by atoms with Crippen molar-refractivity contribution in [2.45, 2.75) is 51.4 Å². The summed E-state index contributed by atoms with van der Waals surface area (Å²) in [6.45, 7) is 7.28. The quantitative estimate of drug-likeness (QED) is 0.632. The van der Waals surface area contributed by atoms with Gasteiger partial charge < -0.3 is 4.74 Å². The molecule has 1 aliphatic carbocycles. The minimum atomic E-state index is 0.158. The van der Waals surface area contributed by atoms with Crippen LogP contribution in [0.5, 0.6) is 0 Å². The smallest absolute Gasteiger partial charge is 0.304 e. The summed E-state index contributed by atoms with van der Waals surface area (Å²) in [6, 6.07) is 17.6. The highest BCUT2D eigenvalue weighted by Gasteiger charge is 2.43. The third-order valence-corrected chi connectivity index (χ3v) is 5.63. The van der Waals surface area contributed by atoms with Crippen molar-refractivity contribution in [3.8, 4) is 5.69 Å². The minimum absolute atomic E-state index is 0.158. The van der Waals surface area contributed by atoms with Gasteiger partial charge in [-0.2, -0.15) is 0 Å². The molecule has 2 atom stereocenters. The average Bonchev–Trinajstić information content (AvgIpc) is 3.21. The Kier molecular flexibility index (Phi) is 3.35. The Morgan fingerprint density at radius 1 is 1.08 bits per heavy atom. The molecular formula is C22H24N3O+. The second kappa shape index (κ2) is 5.52. The van der Waals surface area contributed by atoms with Crippen LogP contribution in [0.15, 0.2) is 54.9 Å². The van der Waals surface area contributed by atoms with Gasteiger partial charge in [0.2, 0.25) is 6.33 Å². The Morgan fingerprint density at radius 3 is 2.62 bits per heavy atom. The average molecular weight is 346 g/mol. The standard InChI is InChI=1S/C22H24N3O/c1-22(2,3)16-8-10-17(11-9-16)25-14-24-20(23-25)13-26-19-12-15-6-4-5-7-18(15)21(19)24/h4-11,14,19,21H,12-13H2,1-3H3/q+1/t19-,21+/m1/s1. The molecule has 132 valence electrons. The molecule has 0 radical (unpaired) electrons. The van der Waals surface area contributed by atoms with Gasteiger partial charge in [-0.3, -0.25) is 0 Å². The number of rotatable bonds is 1. The fraction of sp³-hybridized carbons (Fsp3) is 0.364. The molecule has 2 heterocycles. The first-order chi connectivity index (χ1) is 12.5. The predicted molar refractivity (Wildman–Crippen MR) is 99.3 cm³/mol. The van der Waals surface area contributed by atoms with Gasteiger partial charge in [0.05, 0.1) is 0 Å². The van der Waals surface area contributed by atoms with Crippen LogP contribution in [0.2, 0.25) is 0 Å². The first kappa shape index (κ1) is 15.8. The van der Waals surface area contributed by atoms with E-state index in [1.165, 1.54) is 16.7 Å².